The van der Waals surface area contributed by atoms with Gasteiger partial charge in [-0.2, -0.15) is 0 Å². The second-order valence-corrected chi connectivity index (χ2v) is 2.70. The number of aromatic nitrogens is 1. The molecule has 0 saturated heterocycles. The van der Waals surface area contributed by atoms with Crippen molar-refractivity contribution in [1.29, 1.82) is 0 Å². The maximum absolute atomic E-state index is 11.1. The molecule has 70 valence electrons. The Morgan fingerprint density at radius 2 is 2.31 bits per heavy atom. The van der Waals surface area contributed by atoms with Gasteiger partial charge in [-0.1, -0.05) is 0 Å². The molecule has 5 nitrogen and oxygen atoms in total. The molecule has 0 aromatic carbocycles. The number of pyridine rings is 1. The maximum atomic E-state index is 11.1. The van der Waals surface area contributed by atoms with Gasteiger partial charge in [0.15, 0.2) is 0 Å². The van der Waals surface area contributed by atoms with Crippen LogP contribution in [0.2, 0.25) is 0 Å². The number of amides is 2. The third-order valence-corrected chi connectivity index (χ3v) is 1.24. The van der Waals surface area contributed by atoms with Gasteiger partial charge in [0.1, 0.15) is 0 Å². The summed E-state index contributed by atoms with van der Waals surface area (Å²) in [6.45, 7) is 0. The van der Waals surface area contributed by atoms with Crippen molar-refractivity contribution in [2.24, 2.45) is 0 Å². The van der Waals surface area contributed by atoms with Crippen molar-refractivity contribution >= 4 is 11.7 Å². The lowest BCUT2D eigenvalue weighted by molar-refractivity contribution is 0.224. The molecule has 13 heavy (non-hydrogen) atoms. The van der Waals surface area contributed by atoms with Gasteiger partial charge in [-0.15, -0.1) is 0 Å². The summed E-state index contributed by atoms with van der Waals surface area (Å²) in [5.41, 5.74) is 3.22. The third kappa shape index (κ3) is 3.53. The Balaban J connectivity index is 2.46. The van der Waals surface area contributed by atoms with Crippen LogP contribution in [0.1, 0.15) is 0 Å². The highest BCUT2D eigenvalue weighted by Crippen LogP contribution is 2.01. The van der Waals surface area contributed by atoms with Crippen LogP contribution >= 0.6 is 0 Å². The number of rotatable bonds is 2. The van der Waals surface area contributed by atoms with E-state index in [1.165, 1.54) is 0 Å². The Morgan fingerprint density at radius 1 is 1.54 bits per heavy atom. The lowest BCUT2D eigenvalue weighted by Gasteiger charge is -2.12. The zero-order valence-corrected chi connectivity index (χ0v) is 7.61. The highest BCUT2D eigenvalue weighted by molar-refractivity contribution is 5.88. The van der Waals surface area contributed by atoms with Gasteiger partial charge in [-0.25, -0.2) is 9.80 Å². The van der Waals surface area contributed by atoms with E-state index in [2.05, 4.69) is 15.7 Å². The van der Waals surface area contributed by atoms with E-state index in [0.29, 0.717) is 5.69 Å². The molecule has 0 saturated carbocycles. The molecule has 0 unspecified atom stereocenters. The van der Waals surface area contributed by atoms with Crippen LogP contribution in [-0.2, 0) is 0 Å². The summed E-state index contributed by atoms with van der Waals surface area (Å²) >= 11 is 0. The number of nitrogens with zero attached hydrogens (tertiary/aromatic N) is 2. The number of anilines is 1. The van der Waals surface area contributed by atoms with Gasteiger partial charge >= 0.3 is 6.03 Å². The largest absolute Gasteiger partial charge is 0.333 e. The van der Waals surface area contributed by atoms with Crippen molar-refractivity contribution in [1.82, 2.24) is 15.4 Å². The maximum Gasteiger partial charge on any atom is 0.333 e. The molecule has 0 aliphatic carbocycles. The number of carbonyl (C=O) groups excluding carboxylic acids is 1. The van der Waals surface area contributed by atoms with Crippen LogP contribution in [0, 0.1) is 0 Å². The zero-order chi connectivity index (χ0) is 9.68. The number of hydrogen-bond acceptors (Lipinski definition) is 3. The molecule has 5 heteroatoms. The summed E-state index contributed by atoms with van der Waals surface area (Å²) in [4.78, 5) is 15.0. The number of carbonyl (C=O) groups is 1. The Bertz CT molecular complexity index is 273. The monoisotopic (exact) mass is 180 g/mol. The van der Waals surface area contributed by atoms with Gasteiger partial charge < -0.3 is 5.32 Å². The molecule has 1 aromatic rings. The topological polar surface area (TPSA) is 57.3 Å². The fourth-order valence-corrected chi connectivity index (χ4v) is 0.799. The molecular formula is C8H12N4O. The van der Waals surface area contributed by atoms with Gasteiger partial charge in [0, 0.05) is 20.3 Å². The zero-order valence-electron chi connectivity index (χ0n) is 7.61. The predicted octanol–water partition coefficient (Wildman–Crippen LogP) is 0.680. The van der Waals surface area contributed by atoms with E-state index in [-0.39, 0.29) is 6.03 Å². The van der Waals surface area contributed by atoms with Gasteiger partial charge in [0.2, 0.25) is 0 Å². The van der Waals surface area contributed by atoms with Crippen LogP contribution in [-0.4, -0.2) is 30.1 Å². The van der Waals surface area contributed by atoms with E-state index in [9.17, 15) is 4.79 Å². The minimum Gasteiger partial charge on any atom is -0.305 e. The number of nitrogens with one attached hydrogen (secondary N) is 2. The second-order valence-electron chi connectivity index (χ2n) is 2.70. The Morgan fingerprint density at radius 3 is 2.85 bits per heavy atom. The molecular weight excluding hydrogens is 168 g/mol. The van der Waals surface area contributed by atoms with E-state index in [1.807, 2.05) is 0 Å². The van der Waals surface area contributed by atoms with E-state index in [4.69, 9.17) is 0 Å². The summed E-state index contributed by atoms with van der Waals surface area (Å²) in [7, 11) is 3.48. The lowest BCUT2D eigenvalue weighted by Crippen LogP contribution is -2.39. The van der Waals surface area contributed by atoms with Gasteiger partial charge in [-0.3, -0.25) is 10.4 Å². The smallest absolute Gasteiger partial charge is 0.305 e. The molecule has 0 bridgehead atoms. The van der Waals surface area contributed by atoms with Crippen LogP contribution in [0.3, 0.4) is 0 Å². The van der Waals surface area contributed by atoms with Crippen LogP contribution in [0.25, 0.3) is 0 Å². The Hall–Kier alpha value is -1.62. The number of hydrazine groups is 1. The molecule has 2 amide bonds. The molecule has 1 aromatic heterocycles. The van der Waals surface area contributed by atoms with Crippen LogP contribution in [0.4, 0.5) is 10.5 Å². The van der Waals surface area contributed by atoms with Gasteiger partial charge in [0.05, 0.1) is 11.9 Å². The van der Waals surface area contributed by atoms with Crippen molar-refractivity contribution < 1.29 is 4.79 Å². The summed E-state index contributed by atoms with van der Waals surface area (Å²) in [6, 6.07) is 3.24. The fraction of sp³-hybridized carbons (Fsp3) is 0.250. The van der Waals surface area contributed by atoms with Crippen molar-refractivity contribution in [3.63, 3.8) is 0 Å². The SMILES string of the molecule is CN(C)NC(=O)Nc1cccnc1. The van der Waals surface area contributed by atoms with Crippen molar-refractivity contribution in [2.75, 3.05) is 19.4 Å². The molecule has 0 aliphatic heterocycles. The van der Waals surface area contributed by atoms with Crippen molar-refractivity contribution in [2.45, 2.75) is 0 Å². The highest BCUT2D eigenvalue weighted by atomic mass is 16.2. The van der Waals surface area contributed by atoms with Gasteiger partial charge in [-0.05, 0) is 12.1 Å². The molecule has 1 rings (SSSR count). The number of urea groups is 1. The molecule has 0 spiro atoms. The van der Waals surface area contributed by atoms with Crippen LogP contribution in [0.5, 0.6) is 0 Å². The van der Waals surface area contributed by atoms with Crippen molar-refractivity contribution in [3.05, 3.63) is 24.5 Å². The molecule has 0 radical (unpaired) electrons. The molecule has 0 aliphatic rings. The van der Waals surface area contributed by atoms with Gasteiger partial charge in [0.25, 0.3) is 0 Å². The lowest BCUT2D eigenvalue weighted by atomic mass is 10.4. The van der Waals surface area contributed by atoms with E-state index < -0.39 is 0 Å². The third-order valence-electron chi connectivity index (χ3n) is 1.24. The Labute approximate surface area is 76.7 Å². The summed E-state index contributed by atoms with van der Waals surface area (Å²) in [5.74, 6) is 0. The van der Waals surface area contributed by atoms with Crippen LogP contribution in [0.15, 0.2) is 24.5 Å². The van der Waals surface area contributed by atoms with Crippen molar-refractivity contribution in [3.8, 4) is 0 Å². The van der Waals surface area contributed by atoms with E-state index >= 15 is 0 Å². The normalized spacial score (nSPS) is 9.77. The Kier molecular flexibility index (Phi) is 3.22. The van der Waals surface area contributed by atoms with Crippen LogP contribution < -0.4 is 10.7 Å². The summed E-state index contributed by atoms with van der Waals surface area (Å²) in [5, 5.41) is 4.18. The standard InChI is InChI=1S/C8H12N4O/c1-12(2)11-8(13)10-7-4-3-5-9-6-7/h3-6H,1-2H3,(H2,10,11,13). The van der Waals surface area contributed by atoms with E-state index in [1.54, 1.807) is 43.6 Å². The average molecular weight is 180 g/mol. The first-order valence-corrected chi connectivity index (χ1v) is 3.83. The molecule has 0 atom stereocenters. The number of hydrogen-bond donors (Lipinski definition) is 2. The molecule has 1 heterocycles. The van der Waals surface area contributed by atoms with E-state index in [0.717, 1.165) is 0 Å². The second kappa shape index (κ2) is 4.42. The fourth-order valence-electron chi connectivity index (χ4n) is 0.799. The quantitative estimate of drug-likeness (QED) is 0.658. The molecule has 2 N–H and O–H groups in total. The average Bonchev–Trinajstić information content (AvgIpc) is 2.04. The molecule has 0 fully saturated rings. The highest BCUT2D eigenvalue weighted by Gasteiger charge is 2.00. The summed E-state index contributed by atoms with van der Waals surface area (Å²) in [6.07, 6.45) is 3.23. The first-order valence-electron chi connectivity index (χ1n) is 3.83. The minimum absolute atomic E-state index is 0.280. The predicted molar refractivity (Wildman–Crippen MR) is 50.1 cm³/mol. The first kappa shape index (κ1) is 9.47. The first-order chi connectivity index (χ1) is 6.18. The minimum atomic E-state index is -0.280. The summed E-state index contributed by atoms with van der Waals surface area (Å²) < 4.78 is 0.